The van der Waals surface area contributed by atoms with E-state index in [1.54, 1.807) is 0 Å². The highest BCUT2D eigenvalue weighted by Crippen LogP contribution is 2.42. The van der Waals surface area contributed by atoms with Crippen LogP contribution < -0.4 is 4.90 Å². The van der Waals surface area contributed by atoms with Gasteiger partial charge in [-0.1, -0.05) is 121 Å². The van der Waals surface area contributed by atoms with E-state index in [0.29, 0.717) is 0 Å². The van der Waals surface area contributed by atoms with Crippen LogP contribution in [0, 0.1) is 0 Å². The summed E-state index contributed by atoms with van der Waals surface area (Å²) in [5.41, 5.74) is 12.5. The summed E-state index contributed by atoms with van der Waals surface area (Å²) in [5.74, 6) is 0. The number of hydrogen-bond donors (Lipinski definition) is 0. The summed E-state index contributed by atoms with van der Waals surface area (Å²) in [6.07, 6.45) is 1.87. The lowest BCUT2D eigenvalue weighted by molar-refractivity contribution is 0.668. The monoisotopic (exact) mass is 564 g/mol. The summed E-state index contributed by atoms with van der Waals surface area (Å²) in [6.45, 7) is 0. The van der Waals surface area contributed by atoms with Crippen molar-refractivity contribution in [2.75, 3.05) is 4.90 Å². The van der Waals surface area contributed by atoms with Crippen LogP contribution in [0.5, 0.6) is 0 Å². The van der Waals surface area contributed by atoms with Gasteiger partial charge >= 0.3 is 0 Å². The minimum absolute atomic E-state index is 0.762. The van der Waals surface area contributed by atoms with Gasteiger partial charge in [-0.3, -0.25) is 4.98 Å². The van der Waals surface area contributed by atoms with Crippen molar-refractivity contribution in [3.8, 4) is 33.4 Å². The van der Waals surface area contributed by atoms with E-state index in [0.717, 1.165) is 50.3 Å². The minimum Gasteiger partial charge on any atom is -0.452 e. The van der Waals surface area contributed by atoms with Gasteiger partial charge in [-0.2, -0.15) is 0 Å². The Morgan fingerprint density at radius 1 is 0.432 bits per heavy atom. The SMILES string of the molecule is c1ccc(-c2ccc(-c3cccc(N(c4ccc(-c5ccccc5)cc4)c4ccnc5c4oc4ccccc45)c3)cc2)cc1. The van der Waals surface area contributed by atoms with Gasteiger partial charge in [0, 0.05) is 23.0 Å². The van der Waals surface area contributed by atoms with Crippen molar-refractivity contribution < 1.29 is 4.42 Å². The molecule has 8 aromatic rings. The number of aromatic nitrogens is 1. The Morgan fingerprint density at radius 3 is 1.66 bits per heavy atom. The average Bonchev–Trinajstić information content (AvgIpc) is 3.49. The average molecular weight is 565 g/mol. The Balaban J connectivity index is 1.26. The van der Waals surface area contributed by atoms with Crippen LogP contribution in [0.2, 0.25) is 0 Å². The van der Waals surface area contributed by atoms with Crippen LogP contribution in [0.3, 0.4) is 0 Å². The molecular formula is C41H28N2O. The molecule has 0 saturated carbocycles. The molecule has 3 heteroatoms. The summed E-state index contributed by atoms with van der Waals surface area (Å²) in [7, 11) is 0. The Labute approximate surface area is 256 Å². The summed E-state index contributed by atoms with van der Waals surface area (Å²) in [5, 5.41) is 1.01. The number of rotatable bonds is 6. The van der Waals surface area contributed by atoms with E-state index >= 15 is 0 Å². The van der Waals surface area contributed by atoms with E-state index in [1.165, 1.54) is 22.3 Å². The van der Waals surface area contributed by atoms with Crippen LogP contribution >= 0.6 is 0 Å². The molecule has 0 fully saturated rings. The van der Waals surface area contributed by atoms with Gasteiger partial charge in [0.2, 0.25) is 0 Å². The molecule has 0 aliphatic heterocycles. The van der Waals surface area contributed by atoms with Crippen LogP contribution in [-0.2, 0) is 0 Å². The third-order valence-corrected chi connectivity index (χ3v) is 8.14. The van der Waals surface area contributed by atoms with Crippen molar-refractivity contribution in [3.05, 3.63) is 170 Å². The number of pyridine rings is 1. The first kappa shape index (κ1) is 25.8. The predicted octanol–water partition coefficient (Wildman–Crippen LogP) is 11.5. The number of furan rings is 1. The lowest BCUT2D eigenvalue weighted by Gasteiger charge is -2.26. The maximum atomic E-state index is 6.47. The Hall–Kier alpha value is -5.93. The molecule has 0 atom stereocenters. The molecule has 208 valence electrons. The van der Waals surface area contributed by atoms with Crippen molar-refractivity contribution in [3.63, 3.8) is 0 Å². The summed E-state index contributed by atoms with van der Waals surface area (Å²) < 4.78 is 6.47. The molecule has 0 N–H and O–H groups in total. The lowest BCUT2D eigenvalue weighted by Crippen LogP contribution is -2.10. The highest BCUT2D eigenvalue weighted by molar-refractivity contribution is 6.08. The molecule has 2 heterocycles. The third kappa shape index (κ3) is 4.71. The van der Waals surface area contributed by atoms with Crippen LogP contribution in [0.4, 0.5) is 17.1 Å². The fourth-order valence-electron chi connectivity index (χ4n) is 5.94. The number of anilines is 3. The molecule has 0 bridgehead atoms. The first-order valence-corrected chi connectivity index (χ1v) is 14.8. The van der Waals surface area contributed by atoms with Gasteiger partial charge in [-0.15, -0.1) is 0 Å². The number of nitrogens with zero attached hydrogens (tertiary/aromatic N) is 2. The van der Waals surface area contributed by atoms with Crippen LogP contribution in [0.15, 0.2) is 174 Å². The molecule has 0 aliphatic rings. The molecule has 0 radical (unpaired) electrons. The first-order chi connectivity index (χ1) is 21.8. The molecule has 0 unspecified atom stereocenters. The third-order valence-electron chi connectivity index (χ3n) is 8.14. The molecule has 3 nitrogen and oxygen atoms in total. The fourth-order valence-corrected chi connectivity index (χ4v) is 5.94. The standard InChI is InChI=1S/C41H28N2O/c1-3-10-29(11-4-1)31-18-20-33(21-19-31)34-14-9-15-36(28-34)43(35-24-22-32(23-25-35)30-12-5-2-6-13-30)38-26-27-42-40-37-16-7-8-17-39(37)44-41(38)40/h1-28H. The van der Waals surface area contributed by atoms with Gasteiger partial charge in [0.15, 0.2) is 5.58 Å². The maximum Gasteiger partial charge on any atom is 0.177 e. The highest BCUT2D eigenvalue weighted by Gasteiger charge is 2.20. The van der Waals surface area contributed by atoms with E-state index in [1.807, 2.05) is 42.6 Å². The molecule has 6 aromatic carbocycles. The van der Waals surface area contributed by atoms with Crippen molar-refractivity contribution in [1.29, 1.82) is 0 Å². The second-order valence-corrected chi connectivity index (χ2v) is 10.8. The Kier molecular flexibility index (Phi) is 6.47. The van der Waals surface area contributed by atoms with E-state index in [-0.39, 0.29) is 0 Å². The molecule has 0 saturated heterocycles. The zero-order valence-corrected chi connectivity index (χ0v) is 24.0. The normalized spacial score (nSPS) is 11.2. The molecule has 0 spiro atoms. The fraction of sp³-hybridized carbons (Fsp3) is 0. The van der Waals surface area contributed by atoms with Gasteiger partial charge in [0.05, 0.1) is 5.69 Å². The van der Waals surface area contributed by atoms with Gasteiger partial charge in [-0.25, -0.2) is 0 Å². The van der Waals surface area contributed by atoms with Crippen molar-refractivity contribution in [1.82, 2.24) is 4.98 Å². The molecule has 2 aromatic heterocycles. The molecular weight excluding hydrogens is 536 g/mol. The summed E-state index contributed by atoms with van der Waals surface area (Å²) in [4.78, 5) is 7.00. The van der Waals surface area contributed by atoms with E-state index < -0.39 is 0 Å². The van der Waals surface area contributed by atoms with Gasteiger partial charge in [0.25, 0.3) is 0 Å². The second-order valence-electron chi connectivity index (χ2n) is 10.8. The summed E-state index contributed by atoms with van der Waals surface area (Å²) in [6, 6.07) is 57.3. The number of fused-ring (bicyclic) bond motifs is 3. The first-order valence-electron chi connectivity index (χ1n) is 14.8. The van der Waals surface area contributed by atoms with Crippen molar-refractivity contribution in [2.24, 2.45) is 0 Å². The van der Waals surface area contributed by atoms with Crippen LogP contribution in [0.1, 0.15) is 0 Å². The predicted molar refractivity (Wildman–Crippen MR) is 183 cm³/mol. The molecule has 44 heavy (non-hydrogen) atoms. The van der Waals surface area contributed by atoms with Gasteiger partial charge < -0.3 is 9.32 Å². The minimum atomic E-state index is 0.762. The molecule has 8 rings (SSSR count). The Morgan fingerprint density at radius 2 is 0.977 bits per heavy atom. The van der Waals surface area contributed by atoms with Gasteiger partial charge in [-0.05, 0) is 75.8 Å². The molecule has 0 aliphatic carbocycles. The van der Waals surface area contributed by atoms with Crippen molar-refractivity contribution in [2.45, 2.75) is 0 Å². The smallest absolute Gasteiger partial charge is 0.177 e. The molecule has 0 amide bonds. The Bertz CT molecular complexity index is 2200. The van der Waals surface area contributed by atoms with E-state index in [4.69, 9.17) is 9.40 Å². The zero-order valence-electron chi connectivity index (χ0n) is 24.0. The summed E-state index contributed by atoms with van der Waals surface area (Å²) >= 11 is 0. The largest absolute Gasteiger partial charge is 0.452 e. The van der Waals surface area contributed by atoms with E-state index in [2.05, 4.69) is 132 Å². The number of hydrogen-bond acceptors (Lipinski definition) is 3. The maximum absolute atomic E-state index is 6.47. The highest BCUT2D eigenvalue weighted by atomic mass is 16.3. The zero-order chi connectivity index (χ0) is 29.3. The van der Waals surface area contributed by atoms with Gasteiger partial charge in [0.1, 0.15) is 11.1 Å². The number of para-hydroxylation sites is 1. The lowest BCUT2D eigenvalue weighted by atomic mass is 9.99. The van der Waals surface area contributed by atoms with Crippen LogP contribution in [0.25, 0.3) is 55.4 Å². The topological polar surface area (TPSA) is 29.3 Å². The quantitative estimate of drug-likeness (QED) is 0.201. The van der Waals surface area contributed by atoms with Crippen LogP contribution in [-0.4, -0.2) is 4.98 Å². The van der Waals surface area contributed by atoms with Crippen molar-refractivity contribution >= 4 is 39.1 Å². The second kappa shape index (κ2) is 11.0. The number of benzene rings is 6. The van der Waals surface area contributed by atoms with E-state index in [9.17, 15) is 0 Å².